The number of carbonyl (C=O) groups excluding carboxylic acids is 2. The van der Waals surface area contributed by atoms with E-state index in [0.717, 1.165) is 11.3 Å². The van der Waals surface area contributed by atoms with Crippen LogP contribution in [0.5, 0.6) is 5.75 Å². The van der Waals surface area contributed by atoms with Gasteiger partial charge in [-0.3, -0.25) is 20.2 Å². The molecule has 2 fully saturated rings. The molecule has 284 valence electrons. The Bertz CT molecular complexity index is 1700. The van der Waals surface area contributed by atoms with E-state index in [9.17, 15) is 29.8 Å². The van der Waals surface area contributed by atoms with Crippen LogP contribution >= 0.6 is 0 Å². The molecule has 0 saturated carbocycles. The van der Waals surface area contributed by atoms with Crippen molar-refractivity contribution in [2.45, 2.75) is 75.7 Å². The normalized spacial score (nSPS) is 23.8. The van der Waals surface area contributed by atoms with Crippen molar-refractivity contribution >= 4 is 23.3 Å². The SMILES string of the molecule is COc1ccc(CO[C@@H]2[C@@H](C)[C@@H]3O[C@H](CCOC(=O)c4ccc([N+](=O)[O-])cc4)[C@H](OC(=O)c4ccc([N+](=O)[O-])cc4)C[C@@H]3O[C@H]2CC(OC)OC)cc1. The maximum atomic E-state index is 13.3. The number of rotatable bonds is 16. The number of non-ortho nitro benzene ring substituents is 2. The molecule has 0 bridgehead atoms. The van der Waals surface area contributed by atoms with Crippen LogP contribution in [-0.4, -0.2) is 92.6 Å². The fraction of sp³-hybridized carbons (Fsp3) is 0.459. The Labute approximate surface area is 305 Å². The van der Waals surface area contributed by atoms with Gasteiger partial charge in [0.2, 0.25) is 0 Å². The third-order valence-corrected chi connectivity index (χ3v) is 9.40. The Hall–Kier alpha value is -5.00. The standard InChI is InChI=1S/C37H42N2O14/c1-22-34(50-21-23-5-15-28(46-2)16-6-23)32(20-33(47-3)48-4)51-31-19-30(53-37(41)25-9-13-27(14-10-25)39(44)45)29(52-35(22)31)17-18-49-36(40)24-7-11-26(12-8-24)38(42)43/h5-16,22,29-35H,17-21H2,1-4H3/t22-,29-,30-,31+,32+,34-,35+/m1/s1. The Morgan fingerprint density at radius 1 is 0.811 bits per heavy atom. The number of nitrogens with zero attached hydrogens (tertiary/aromatic N) is 2. The van der Waals surface area contributed by atoms with E-state index in [0.29, 0.717) is 6.42 Å². The predicted octanol–water partition coefficient (Wildman–Crippen LogP) is 5.44. The summed E-state index contributed by atoms with van der Waals surface area (Å²) in [6.07, 6.45) is -3.53. The summed E-state index contributed by atoms with van der Waals surface area (Å²) in [6.45, 7) is 2.15. The minimum absolute atomic E-state index is 0.104. The molecule has 0 aliphatic carbocycles. The van der Waals surface area contributed by atoms with Crippen LogP contribution in [0, 0.1) is 26.1 Å². The van der Waals surface area contributed by atoms with Gasteiger partial charge < -0.3 is 37.9 Å². The predicted molar refractivity (Wildman–Crippen MR) is 185 cm³/mol. The van der Waals surface area contributed by atoms with Crippen LogP contribution in [0.2, 0.25) is 0 Å². The molecule has 3 aromatic rings. The van der Waals surface area contributed by atoms with Crippen molar-refractivity contribution in [3.8, 4) is 5.75 Å². The van der Waals surface area contributed by atoms with Gasteiger partial charge in [-0.05, 0) is 42.0 Å². The highest BCUT2D eigenvalue weighted by Gasteiger charge is 2.51. The molecule has 0 radical (unpaired) electrons. The number of carbonyl (C=O) groups is 2. The third kappa shape index (κ3) is 9.91. The largest absolute Gasteiger partial charge is 0.497 e. The van der Waals surface area contributed by atoms with Crippen LogP contribution in [0.3, 0.4) is 0 Å². The molecule has 3 aromatic carbocycles. The van der Waals surface area contributed by atoms with Crippen molar-refractivity contribution in [1.29, 1.82) is 0 Å². The van der Waals surface area contributed by atoms with E-state index < -0.39 is 64.7 Å². The lowest BCUT2D eigenvalue weighted by Gasteiger charge is -2.51. The molecule has 2 heterocycles. The third-order valence-electron chi connectivity index (χ3n) is 9.40. The number of hydrogen-bond acceptors (Lipinski definition) is 14. The van der Waals surface area contributed by atoms with Crippen molar-refractivity contribution in [2.24, 2.45) is 5.92 Å². The fourth-order valence-corrected chi connectivity index (χ4v) is 6.53. The molecule has 2 saturated heterocycles. The molecular formula is C37H42N2O14. The van der Waals surface area contributed by atoms with Gasteiger partial charge in [0.25, 0.3) is 11.4 Å². The average Bonchev–Trinajstić information content (AvgIpc) is 3.17. The number of nitro benzene ring substituents is 2. The molecule has 2 aliphatic rings. The topological polar surface area (TPSA) is 194 Å². The summed E-state index contributed by atoms with van der Waals surface area (Å²) in [5, 5.41) is 22.2. The Kier molecular flexibility index (Phi) is 13.4. The van der Waals surface area contributed by atoms with Gasteiger partial charge in [-0.25, -0.2) is 9.59 Å². The van der Waals surface area contributed by atoms with E-state index in [2.05, 4.69) is 0 Å². The molecule has 16 nitrogen and oxygen atoms in total. The Morgan fingerprint density at radius 2 is 1.40 bits per heavy atom. The zero-order valence-electron chi connectivity index (χ0n) is 29.7. The van der Waals surface area contributed by atoms with Crippen molar-refractivity contribution in [3.05, 3.63) is 110 Å². The quantitative estimate of drug-likeness (QED) is 0.0780. The summed E-state index contributed by atoms with van der Waals surface area (Å²) in [7, 11) is 4.66. The van der Waals surface area contributed by atoms with Gasteiger partial charge in [-0.15, -0.1) is 0 Å². The van der Waals surface area contributed by atoms with Crippen molar-refractivity contribution < 1.29 is 57.3 Å². The van der Waals surface area contributed by atoms with E-state index in [-0.39, 0.29) is 54.5 Å². The maximum absolute atomic E-state index is 13.3. The van der Waals surface area contributed by atoms with Crippen LogP contribution in [0.25, 0.3) is 0 Å². The molecule has 0 amide bonds. The molecule has 5 rings (SSSR count). The summed E-state index contributed by atoms with van der Waals surface area (Å²) in [6, 6.07) is 17.6. The molecule has 53 heavy (non-hydrogen) atoms. The fourth-order valence-electron chi connectivity index (χ4n) is 6.53. The molecule has 0 N–H and O–H groups in total. The van der Waals surface area contributed by atoms with Crippen LogP contribution < -0.4 is 4.74 Å². The minimum atomic E-state index is -0.859. The summed E-state index contributed by atoms with van der Waals surface area (Å²) >= 11 is 0. The second kappa shape index (κ2) is 18.2. The highest BCUT2D eigenvalue weighted by Crippen LogP contribution is 2.40. The average molecular weight is 739 g/mol. The zero-order chi connectivity index (χ0) is 38.1. The van der Waals surface area contributed by atoms with E-state index in [4.69, 9.17) is 37.9 Å². The van der Waals surface area contributed by atoms with Gasteiger partial charge in [-0.2, -0.15) is 0 Å². The molecule has 16 heteroatoms. The van der Waals surface area contributed by atoms with Gasteiger partial charge in [0, 0.05) is 63.7 Å². The highest BCUT2D eigenvalue weighted by molar-refractivity contribution is 5.90. The second-order valence-corrected chi connectivity index (χ2v) is 12.7. The first-order valence-electron chi connectivity index (χ1n) is 17.0. The first-order chi connectivity index (χ1) is 25.5. The van der Waals surface area contributed by atoms with Gasteiger partial charge in [-0.1, -0.05) is 19.1 Å². The lowest BCUT2D eigenvalue weighted by atomic mass is 9.81. The number of esters is 2. The summed E-state index contributed by atoms with van der Waals surface area (Å²) < 4.78 is 47.5. The molecular weight excluding hydrogens is 696 g/mol. The second-order valence-electron chi connectivity index (χ2n) is 12.7. The zero-order valence-corrected chi connectivity index (χ0v) is 29.7. The van der Waals surface area contributed by atoms with Crippen molar-refractivity contribution in [1.82, 2.24) is 0 Å². The first-order valence-corrected chi connectivity index (χ1v) is 17.0. The highest BCUT2D eigenvalue weighted by atomic mass is 16.7. The number of ether oxygens (including phenoxy) is 8. The van der Waals surface area contributed by atoms with Gasteiger partial charge in [0.05, 0.1) is 71.8 Å². The lowest BCUT2D eigenvalue weighted by Crippen LogP contribution is -2.61. The maximum Gasteiger partial charge on any atom is 0.338 e. The van der Waals surface area contributed by atoms with Crippen molar-refractivity contribution in [2.75, 3.05) is 27.9 Å². The first kappa shape index (κ1) is 39.2. The summed E-state index contributed by atoms with van der Waals surface area (Å²) in [5.41, 5.74) is 0.810. The number of benzene rings is 3. The molecule has 7 atom stereocenters. The van der Waals surface area contributed by atoms with Crippen LogP contribution in [-0.2, 0) is 39.8 Å². The van der Waals surface area contributed by atoms with E-state index in [1.165, 1.54) is 62.8 Å². The summed E-state index contributed by atoms with van der Waals surface area (Å²) in [4.78, 5) is 47.1. The lowest BCUT2D eigenvalue weighted by molar-refractivity contribution is -0.385. The van der Waals surface area contributed by atoms with E-state index in [1.54, 1.807) is 7.11 Å². The molecule has 0 unspecified atom stereocenters. The monoisotopic (exact) mass is 738 g/mol. The van der Waals surface area contributed by atoms with Gasteiger partial charge in [0.15, 0.2) is 6.29 Å². The number of hydrogen-bond donors (Lipinski definition) is 0. The number of fused-ring (bicyclic) bond motifs is 1. The molecule has 2 aliphatic heterocycles. The number of methoxy groups -OCH3 is 3. The molecule has 0 aromatic heterocycles. The smallest absolute Gasteiger partial charge is 0.338 e. The van der Waals surface area contributed by atoms with Crippen molar-refractivity contribution in [3.63, 3.8) is 0 Å². The van der Waals surface area contributed by atoms with Crippen LogP contribution in [0.1, 0.15) is 52.5 Å². The van der Waals surface area contributed by atoms with E-state index >= 15 is 0 Å². The molecule has 0 spiro atoms. The summed E-state index contributed by atoms with van der Waals surface area (Å²) in [5.74, 6) is -0.929. The van der Waals surface area contributed by atoms with Gasteiger partial charge in [0.1, 0.15) is 11.9 Å². The van der Waals surface area contributed by atoms with Gasteiger partial charge >= 0.3 is 11.9 Å². The Balaban J connectivity index is 1.34. The van der Waals surface area contributed by atoms with Crippen LogP contribution in [0.4, 0.5) is 11.4 Å². The van der Waals surface area contributed by atoms with E-state index in [1.807, 2.05) is 31.2 Å². The van der Waals surface area contributed by atoms with Crippen LogP contribution in [0.15, 0.2) is 72.8 Å². The Morgan fingerprint density at radius 3 is 1.94 bits per heavy atom. The minimum Gasteiger partial charge on any atom is -0.497 e. The number of nitro groups is 2.